The van der Waals surface area contributed by atoms with Gasteiger partial charge >= 0.3 is 5.97 Å². The van der Waals surface area contributed by atoms with Crippen LogP contribution in [-0.4, -0.2) is 35.6 Å². The highest BCUT2D eigenvalue weighted by atomic mass is 79.9. The van der Waals surface area contributed by atoms with E-state index in [0.717, 1.165) is 21.4 Å². The van der Waals surface area contributed by atoms with Gasteiger partial charge in [0, 0.05) is 10.2 Å². The quantitative estimate of drug-likeness (QED) is 0.464. The number of nitrogens with zero attached hydrogens (tertiary/aromatic N) is 1. The van der Waals surface area contributed by atoms with Gasteiger partial charge in [0.05, 0.1) is 12.0 Å². The number of carboxylic acid groups (broad SMARTS) is 1. The molecule has 0 atom stereocenters. The van der Waals surface area contributed by atoms with Crippen molar-refractivity contribution in [2.45, 2.75) is 5.75 Å². The van der Waals surface area contributed by atoms with E-state index in [9.17, 15) is 9.59 Å². The molecule has 2 rings (SSSR count). The van der Waals surface area contributed by atoms with Gasteiger partial charge in [-0.25, -0.2) is 10.2 Å². The third-order valence-corrected chi connectivity index (χ3v) is 4.85. The maximum absolute atomic E-state index is 11.8. The zero-order chi connectivity index (χ0) is 18.8. The topological polar surface area (TPSA) is 88.0 Å². The van der Waals surface area contributed by atoms with Gasteiger partial charge in [-0.3, -0.25) is 4.79 Å². The highest BCUT2D eigenvalue weighted by Crippen LogP contribution is 2.21. The minimum Gasteiger partial charge on any atom is -0.482 e. The Morgan fingerprint density at radius 3 is 2.62 bits per heavy atom. The summed E-state index contributed by atoms with van der Waals surface area (Å²) in [6.07, 6.45) is 1.51. The average Bonchev–Trinajstić information content (AvgIpc) is 2.62. The predicted molar refractivity (Wildman–Crippen MR) is 106 cm³/mol. The van der Waals surface area contributed by atoms with Crippen molar-refractivity contribution >= 4 is 45.8 Å². The molecule has 0 saturated carbocycles. The molecule has 6 nitrogen and oxygen atoms in total. The van der Waals surface area contributed by atoms with Gasteiger partial charge in [0.2, 0.25) is 5.91 Å². The molecular weight excluding hydrogens is 420 g/mol. The molecule has 0 radical (unpaired) electrons. The molecule has 2 aromatic carbocycles. The number of halogens is 1. The standard InChI is InChI=1S/C18H17BrN2O4S/c19-16-4-2-1-3-14(16)11-26-12-17(22)21-20-9-13-5-7-15(8-6-13)25-10-18(23)24/h1-9H,10-12H2,(H,21,22)(H,23,24)/b20-9-. The van der Waals surface area contributed by atoms with Gasteiger partial charge in [-0.2, -0.15) is 5.10 Å². The number of hydrogen-bond donors (Lipinski definition) is 2. The summed E-state index contributed by atoms with van der Waals surface area (Å²) in [6, 6.07) is 14.6. The van der Waals surface area contributed by atoms with Crippen LogP contribution in [-0.2, 0) is 15.3 Å². The number of nitrogens with one attached hydrogen (secondary N) is 1. The van der Waals surface area contributed by atoms with Gasteiger partial charge in [-0.15, -0.1) is 11.8 Å². The molecule has 0 heterocycles. The number of ether oxygens (including phenoxy) is 1. The van der Waals surface area contributed by atoms with E-state index in [2.05, 4.69) is 26.5 Å². The monoisotopic (exact) mass is 436 g/mol. The zero-order valence-corrected chi connectivity index (χ0v) is 16.1. The number of carbonyl (C=O) groups is 2. The normalized spacial score (nSPS) is 10.7. The minimum atomic E-state index is -1.03. The maximum Gasteiger partial charge on any atom is 0.341 e. The van der Waals surface area contributed by atoms with E-state index in [4.69, 9.17) is 9.84 Å². The molecule has 0 aromatic heterocycles. The summed E-state index contributed by atoms with van der Waals surface area (Å²) in [5.41, 5.74) is 4.37. The second-order valence-corrected chi connectivity index (χ2v) is 6.97. The van der Waals surface area contributed by atoms with E-state index in [1.54, 1.807) is 24.3 Å². The van der Waals surface area contributed by atoms with E-state index in [-0.39, 0.29) is 12.5 Å². The Bertz CT molecular complexity index is 781. The molecule has 0 unspecified atom stereocenters. The molecule has 0 aliphatic carbocycles. The first-order chi connectivity index (χ1) is 12.5. The van der Waals surface area contributed by atoms with Crippen molar-refractivity contribution in [1.29, 1.82) is 0 Å². The highest BCUT2D eigenvalue weighted by molar-refractivity contribution is 9.10. The first-order valence-electron chi connectivity index (χ1n) is 7.62. The molecule has 2 N–H and O–H groups in total. The smallest absolute Gasteiger partial charge is 0.341 e. The molecule has 0 spiro atoms. The molecule has 0 aliphatic rings. The number of benzene rings is 2. The Kier molecular flexibility index (Phi) is 8.17. The fourth-order valence-corrected chi connectivity index (χ4v) is 3.31. The number of thioether (sulfide) groups is 1. The number of rotatable bonds is 9. The number of carboxylic acids is 1. The SMILES string of the molecule is O=C(O)COc1ccc(/C=N\NC(=O)CSCc2ccccc2Br)cc1. The Labute approximate surface area is 163 Å². The summed E-state index contributed by atoms with van der Waals surface area (Å²) in [7, 11) is 0. The van der Waals surface area contributed by atoms with Gasteiger partial charge < -0.3 is 9.84 Å². The van der Waals surface area contributed by atoms with Crippen LogP contribution in [0.3, 0.4) is 0 Å². The minimum absolute atomic E-state index is 0.181. The molecule has 0 fully saturated rings. The van der Waals surface area contributed by atoms with Gasteiger partial charge in [0.1, 0.15) is 5.75 Å². The van der Waals surface area contributed by atoms with Crippen molar-refractivity contribution in [2.75, 3.05) is 12.4 Å². The fraction of sp³-hybridized carbons (Fsp3) is 0.167. The van der Waals surface area contributed by atoms with Crippen molar-refractivity contribution in [1.82, 2.24) is 5.43 Å². The summed E-state index contributed by atoms with van der Waals surface area (Å²) in [4.78, 5) is 22.2. The Morgan fingerprint density at radius 2 is 1.92 bits per heavy atom. The van der Waals surface area contributed by atoms with Gasteiger partial charge in [0.15, 0.2) is 6.61 Å². The zero-order valence-electron chi connectivity index (χ0n) is 13.7. The lowest BCUT2D eigenvalue weighted by Crippen LogP contribution is -2.19. The summed E-state index contributed by atoms with van der Waals surface area (Å²) in [5.74, 6) is 0.282. The largest absolute Gasteiger partial charge is 0.482 e. The number of amides is 1. The van der Waals surface area contributed by atoms with Crippen LogP contribution in [0.2, 0.25) is 0 Å². The van der Waals surface area contributed by atoms with Crippen molar-refractivity contribution in [3.05, 3.63) is 64.1 Å². The van der Waals surface area contributed by atoms with Gasteiger partial charge in [-0.1, -0.05) is 34.1 Å². The van der Waals surface area contributed by atoms with Crippen molar-refractivity contribution in [3.8, 4) is 5.75 Å². The summed E-state index contributed by atoms with van der Waals surface area (Å²) in [6.45, 7) is -0.388. The molecule has 0 bridgehead atoms. The van der Waals surface area contributed by atoms with Crippen LogP contribution >= 0.6 is 27.7 Å². The summed E-state index contributed by atoms with van der Waals surface area (Å²) in [5, 5.41) is 12.5. The second kappa shape index (κ2) is 10.6. The fourth-order valence-electron chi connectivity index (χ4n) is 1.88. The van der Waals surface area contributed by atoms with Crippen molar-refractivity contribution in [2.24, 2.45) is 5.10 Å². The average molecular weight is 437 g/mol. The molecule has 1 amide bonds. The van der Waals surface area contributed by atoms with Gasteiger partial charge in [0.25, 0.3) is 0 Å². The lowest BCUT2D eigenvalue weighted by Gasteiger charge is -2.04. The molecule has 26 heavy (non-hydrogen) atoms. The second-order valence-electron chi connectivity index (χ2n) is 5.13. The summed E-state index contributed by atoms with van der Waals surface area (Å²) < 4.78 is 6.06. The van der Waals surface area contributed by atoms with E-state index in [1.807, 2.05) is 24.3 Å². The van der Waals surface area contributed by atoms with Crippen LogP contribution < -0.4 is 10.2 Å². The third-order valence-electron chi connectivity index (χ3n) is 3.09. The Morgan fingerprint density at radius 1 is 1.19 bits per heavy atom. The first-order valence-corrected chi connectivity index (χ1v) is 9.57. The van der Waals surface area contributed by atoms with Crippen molar-refractivity contribution in [3.63, 3.8) is 0 Å². The van der Waals surface area contributed by atoms with Crippen LogP contribution in [0.4, 0.5) is 0 Å². The molecule has 136 valence electrons. The Balaban J connectivity index is 1.71. The molecule has 2 aromatic rings. The predicted octanol–water partition coefficient (Wildman–Crippen LogP) is 3.30. The van der Waals surface area contributed by atoms with E-state index < -0.39 is 5.97 Å². The Hall–Kier alpha value is -2.32. The summed E-state index contributed by atoms with van der Waals surface area (Å²) >= 11 is 4.98. The first kappa shape index (κ1) is 20.0. The number of hydrogen-bond acceptors (Lipinski definition) is 5. The van der Waals surface area contributed by atoms with E-state index in [0.29, 0.717) is 11.5 Å². The van der Waals surface area contributed by atoms with Crippen LogP contribution in [0.25, 0.3) is 0 Å². The van der Waals surface area contributed by atoms with Gasteiger partial charge in [-0.05, 0) is 41.5 Å². The molecule has 0 saturated heterocycles. The van der Waals surface area contributed by atoms with E-state index in [1.165, 1.54) is 18.0 Å². The lowest BCUT2D eigenvalue weighted by molar-refractivity contribution is -0.139. The van der Waals surface area contributed by atoms with Crippen LogP contribution in [0.5, 0.6) is 5.75 Å². The number of aliphatic carboxylic acids is 1. The highest BCUT2D eigenvalue weighted by Gasteiger charge is 2.03. The van der Waals surface area contributed by atoms with E-state index >= 15 is 0 Å². The van der Waals surface area contributed by atoms with Crippen LogP contribution in [0.1, 0.15) is 11.1 Å². The number of carbonyl (C=O) groups excluding carboxylic acids is 1. The van der Waals surface area contributed by atoms with Crippen LogP contribution in [0, 0.1) is 0 Å². The van der Waals surface area contributed by atoms with Crippen LogP contribution in [0.15, 0.2) is 58.1 Å². The molecule has 0 aliphatic heterocycles. The van der Waals surface area contributed by atoms with Crippen molar-refractivity contribution < 1.29 is 19.4 Å². The molecule has 8 heteroatoms. The molecular formula is C18H17BrN2O4S. The maximum atomic E-state index is 11.8. The number of hydrazone groups is 1. The lowest BCUT2D eigenvalue weighted by atomic mass is 10.2. The third kappa shape index (κ3) is 7.28.